The van der Waals surface area contributed by atoms with Crippen molar-refractivity contribution in [3.63, 3.8) is 0 Å². The van der Waals surface area contributed by atoms with Gasteiger partial charge in [-0.2, -0.15) is 0 Å². The van der Waals surface area contributed by atoms with Gasteiger partial charge in [-0.1, -0.05) is 25.4 Å². The largest absolute Gasteiger partial charge is 0.397 e. The van der Waals surface area contributed by atoms with Gasteiger partial charge in [0.15, 0.2) is 0 Å². The van der Waals surface area contributed by atoms with Crippen molar-refractivity contribution >= 4 is 23.0 Å². The molecule has 0 aliphatic carbocycles. The standard InChI is InChI=1S/C10H13ClN2O.C2H6/c11-9-2-1-8(7-10(9)12)13-3-5-14-6-4-13;1-2/h1-2,7H,3-6,12H2;1-2H3. The summed E-state index contributed by atoms with van der Waals surface area (Å²) in [4.78, 5) is 2.25. The molecule has 1 aliphatic rings. The van der Waals surface area contributed by atoms with Gasteiger partial charge in [-0.15, -0.1) is 0 Å². The summed E-state index contributed by atoms with van der Waals surface area (Å²) < 4.78 is 5.28. The fourth-order valence-corrected chi connectivity index (χ4v) is 1.67. The number of ether oxygens (including phenoxy) is 1. The maximum Gasteiger partial charge on any atom is 0.0642 e. The number of nitrogens with two attached hydrogens (primary N) is 1. The summed E-state index contributed by atoms with van der Waals surface area (Å²) in [6.45, 7) is 7.40. The van der Waals surface area contributed by atoms with Gasteiger partial charge in [0.2, 0.25) is 0 Å². The zero-order chi connectivity index (χ0) is 12.0. The van der Waals surface area contributed by atoms with Crippen molar-refractivity contribution in [1.82, 2.24) is 0 Å². The molecule has 1 saturated heterocycles. The van der Waals surface area contributed by atoms with Crippen LogP contribution in [-0.4, -0.2) is 26.3 Å². The molecule has 0 saturated carbocycles. The zero-order valence-electron chi connectivity index (χ0n) is 9.87. The maximum absolute atomic E-state index is 5.85. The van der Waals surface area contributed by atoms with Gasteiger partial charge in [0.1, 0.15) is 0 Å². The van der Waals surface area contributed by atoms with Crippen molar-refractivity contribution in [3.05, 3.63) is 23.2 Å². The fraction of sp³-hybridized carbons (Fsp3) is 0.500. The van der Waals surface area contributed by atoms with Crippen LogP contribution in [0, 0.1) is 0 Å². The summed E-state index contributed by atoms with van der Waals surface area (Å²) in [5.41, 5.74) is 7.49. The van der Waals surface area contributed by atoms with Crippen molar-refractivity contribution in [1.29, 1.82) is 0 Å². The predicted molar refractivity (Wildman–Crippen MR) is 70.2 cm³/mol. The van der Waals surface area contributed by atoms with Crippen molar-refractivity contribution in [2.75, 3.05) is 36.9 Å². The third-order valence-corrected chi connectivity index (χ3v) is 2.70. The molecule has 0 amide bonds. The van der Waals surface area contributed by atoms with Crippen molar-refractivity contribution in [3.8, 4) is 0 Å². The van der Waals surface area contributed by atoms with Gasteiger partial charge in [-0.05, 0) is 18.2 Å². The van der Waals surface area contributed by atoms with Crippen LogP contribution in [0.1, 0.15) is 13.8 Å². The zero-order valence-corrected chi connectivity index (χ0v) is 10.6. The molecule has 90 valence electrons. The second kappa shape index (κ2) is 6.61. The molecular weight excluding hydrogens is 224 g/mol. The summed E-state index contributed by atoms with van der Waals surface area (Å²) in [6, 6.07) is 5.74. The lowest BCUT2D eigenvalue weighted by molar-refractivity contribution is 0.122. The van der Waals surface area contributed by atoms with Gasteiger partial charge < -0.3 is 15.4 Å². The minimum atomic E-state index is 0.613. The summed E-state index contributed by atoms with van der Waals surface area (Å²) in [5, 5.41) is 0.613. The normalized spacial score (nSPS) is 15.3. The van der Waals surface area contributed by atoms with E-state index >= 15 is 0 Å². The van der Waals surface area contributed by atoms with Gasteiger partial charge in [-0.3, -0.25) is 0 Å². The molecule has 0 radical (unpaired) electrons. The fourth-order valence-electron chi connectivity index (χ4n) is 1.55. The molecule has 2 N–H and O–H groups in total. The molecule has 0 aromatic heterocycles. The Morgan fingerprint density at radius 1 is 1.25 bits per heavy atom. The first-order valence-corrected chi connectivity index (χ1v) is 6.03. The van der Waals surface area contributed by atoms with Gasteiger partial charge in [0.25, 0.3) is 0 Å². The van der Waals surface area contributed by atoms with E-state index in [0.29, 0.717) is 10.7 Å². The van der Waals surface area contributed by atoms with Gasteiger partial charge in [0, 0.05) is 18.8 Å². The Bertz CT molecular complexity index is 325. The van der Waals surface area contributed by atoms with Crippen LogP contribution in [0.15, 0.2) is 18.2 Å². The van der Waals surface area contributed by atoms with Crippen molar-refractivity contribution < 1.29 is 4.74 Å². The lowest BCUT2D eigenvalue weighted by Gasteiger charge is -2.29. The Balaban J connectivity index is 0.000000606. The van der Waals surface area contributed by atoms with Crippen molar-refractivity contribution in [2.24, 2.45) is 0 Å². The summed E-state index contributed by atoms with van der Waals surface area (Å²) in [6.07, 6.45) is 0. The number of hydrogen-bond acceptors (Lipinski definition) is 3. The second-order valence-electron chi connectivity index (χ2n) is 3.31. The smallest absolute Gasteiger partial charge is 0.0642 e. The highest BCUT2D eigenvalue weighted by Crippen LogP contribution is 2.25. The first-order valence-electron chi connectivity index (χ1n) is 5.65. The van der Waals surface area contributed by atoms with Gasteiger partial charge >= 0.3 is 0 Å². The van der Waals surface area contributed by atoms with E-state index in [9.17, 15) is 0 Å². The number of morpholine rings is 1. The van der Waals surface area contributed by atoms with E-state index < -0.39 is 0 Å². The van der Waals surface area contributed by atoms with Crippen LogP contribution in [-0.2, 0) is 4.74 Å². The Morgan fingerprint density at radius 3 is 2.44 bits per heavy atom. The number of hydrogen-bond donors (Lipinski definition) is 1. The average molecular weight is 243 g/mol. The highest BCUT2D eigenvalue weighted by Gasteiger charge is 2.11. The summed E-state index contributed by atoms with van der Waals surface area (Å²) in [7, 11) is 0. The molecule has 4 heteroatoms. The Kier molecular flexibility index (Phi) is 5.43. The maximum atomic E-state index is 5.85. The van der Waals surface area contributed by atoms with E-state index in [0.717, 1.165) is 32.0 Å². The Hall–Kier alpha value is -0.930. The third-order valence-electron chi connectivity index (χ3n) is 2.36. The molecular formula is C12H19ClN2O. The number of halogens is 1. The molecule has 1 aliphatic heterocycles. The molecule has 1 fully saturated rings. The third kappa shape index (κ3) is 3.29. The monoisotopic (exact) mass is 242 g/mol. The first-order chi connectivity index (χ1) is 7.77. The van der Waals surface area contributed by atoms with E-state index in [4.69, 9.17) is 22.1 Å². The van der Waals surface area contributed by atoms with Crippen molar-refractivity contribution in [2.45, 2.75) is 13.8 Å². The number of nitrogen functional groups attached to an aromatic ring is 1. The van der Waals surface area contributed by atoms with E-state index in [1.807, 2.05) is 32.0 Å². The minimum Gasteiger partial charge on any atom is -0.397 e. The summed E-state index contributed by atoms with van der Waals surface area (Å²) >= 11 is 5.85. The Morgan fingerprint density at radius 2 is 1.88 bits per heavy atom. The molecule has 1 heterocycles. The molecule has 1 aromatic rings. The highest BCUT2D eigenvalue weighted by atomic mass is 35.5. The van der Waals surface area contributed by atoms with E-state index in [2.05, 4.69) is 4.90 Å². The minimum absolute atomic E-state index is 0.613. The molecule has 0 bridgehead atoms. The molecule has 0 spiro atoms. The highest BCUT2D eigenvalue weighted by molar-refractivity contribution is 6.33. The van der Waals surface area contributed by atoms with Gasteiger partial charge in [0.05, 0.1) is 23.9 Å². The van der Waals surface area contributed by atoms with Crippen LogP contribution in [0.3, 0.4) is 0 Å². The Labute approximate surface area is 102 Å². The number of anilines is 2. The van der Waals surface area contributed by atoms with E-state index in [1.165, 1.54) is 0 Å². The summed E-state index contributed by atoms with van der Waals surface area (Å²) in [5.74, 6) is 0. The van der Waals surface area contributed by atoms with Crippen LogP contribution in [0.2, 0.25) is 5.02 Å². The van der Waals surface area contributed by atoms with Crippen LogP contribution in [0.25, 0.3) is 0 Å². The van der Waals surface area contributed by atoms with Crippen LogP contribution in [0.5, 0.6) is 0 Å². The molecule has 3 nitrogen and oxygen atoms in total. The van der Waals surface area contributed by atoms with E-state index in [1.54, 1.807) is 0 Å². The lowest BCUT2D eigenvalue weighted by atomic mass is 10.2. The second-order valence-corrected chi connectivity index (χ2v) is 3.71. The number of benzene rings is 1. The predicted octanol–water partition coefficient (Wildman–Crippen LogP) is 2.79. The van der Waals surface area contributed by atoms with Gasteiger partial charge in [-0.25, -0.2) is 0 Å². The van der Waals surface area contributed by atoms with E-state index in [-0.39, 0.29) is 0 Å². The molecule has 2 rings (SSSR count). The van der Waals surface area contributed by atoms with Crippen LogP contribution in [0.4, 0.5) is 11.4 Å². The molecule has 1 aromatic carbocycles. The quantitative estimate of drug-likeness (QED) is 0.770. The van der Waals surface area contributed by atoms with Crippen LogP contribution < -0.4 is 10.6 Å². The van der Waals surface area contributed by atoms with Crippen LogP contribution >= 0.6 is 11.6 Å². The first kappa shape index (κ1) is 13.1. The molecule has 0 atom stereocenters. The SMILES string of the molecule is CC.Nc1cc(N2CCOCC2)ccc1Cl. The topological polar surface area (TPSA) is 38.5 Å². The molecule has 16 heavy (non-hydrogen) atoms. The number of nitrogens with zero attached hydrogens (tertiary/aromatic N) is 1. The molecule has 0 unspecified atom stereocenters. The lowest BCUT2D eigenvalue weighted by Crippen LogP contribution is -2.36. The number of rotatable bonds is 1. The average Bonchev–Trinajstić information content (AvgIpc) is 2.36.